The van der Waals surface area contributed by atoms with Crippen LogP contribution in [-0.2, 0) is 14.4 Å². The maximum Gasteiger partial charge on any atom is 0.252 e. The van der Waals surface area contributed by atoms with E-state index in [4.69, 9.17) is 11.6 Å². The first-order chi connectivity index (χ1) is 20.6. The van der Waals surface area contributed by atoms with E-state index in [1.165, 1.54) is 28.1 Å². The Morgan fingerprint density at radius 3 is 2.70 bits per heavy atom. The summed E-state index contributed by atoms with van der Waals surface area (Å²) in [4.78, 5) is 51.7. The van der Waals surface area contributed by atoms with Gasteiger partial charge in [0, 0.05) is 64.9 Å². The van der Waals surface area contributed by atoms with Gasteiger partial charge in [0.2, 0.25) is 11.8 Å². The third kappa shape index (κ3) is 5.42. The highest BCUT2D eigenvalue weighted by Gasteiger charge is 2.48. The summed E-state index contributed by atoms with van der Waals surface area (Å²) in [5, 5.41) is 13.0. The molecule has 43 heavy (non-hydrogen) atoms. The third-order valence-electron chi connectivity index (χ3n) is 7.81. The van der Waals surface area contributed by atoms with Crippen molar-refractivity contribution in [3.05, 3.63) is 89.2 Å². The Labute approximate surface area is 250 Å². The molecule has 6 rings (SSSR count). The van der Waals surface area contributed by atoms with Crippen molar-refractivity contribution in [2.75, 3.05) is 9.80 Å². The van der Waals surface area contributed by atoms with Crippen LogP contribution in [0.5, 0.6) is 0 Å². The fourth-order valence-corrected chi connectivity index (χ4v) is 5.96. The number of anilines is 2. The van der Waals surface area contributed by atoms with E-state index in [-0.39, 0.29) is 40.7 Å². The average molecular weight is 603 g/mol. The number of nitrogens with one attached hydrogen (secondary N) is 2. The first kappa shape index (κ1) is 28.3. The maximum atomic E-state index is 14.7. The summed E-state index contributed by atoms with van der Waals surface area (Å²) in [5.74, 6) is -4.38. The lowest BCUT2D eigenvalue weighted by Gasteiger charge is -2.39. The van der Waals surface area contributed by atoms with Crippen LogP contribution >= 0.6 is 11.6 Å². The van der Waals surface area contributed by atoms with Gasteiger partial charge in [0.05, 0.1) is 11.6 Å². The predicted molar refractivity (Wildman–Crippen MR) is 156 cm³/mol. The van der Waals surface area contributed by atoms with Gasteiger partial charge in [0.1, 0.15) is 17.9 Å². The number of H-pyrrole nitrogens is 1. The Kier molecular flexibility index (Phi) is 7.31. The van der Waals surface area contributed by atoms with Gasteiger partial charge in [0.25, 0.3) is 11.8 Å². The summed E-state index contributed by atoms with van der Waals surface area (Å²) in [6, 6.07) is 15.2. The molecular formula is C31H25ClF2N6O3. The van der Waals surface area contributed by atoms with Crippen molar-refractivity contribution in [2.45, 2.75) is 49.7 Å². The number of alkyl halides is 2. The standard InChI is InChI=1S/C31H25ClF2N6O3/c32-23-4-2-1-3-22(23)28(29(42)38-20-15-31(33,34)16-20)39(21-5-6-24-19(14-21)10-12-36-24)30(43)25-7-8-27(41)40(25)26-13-18(17-35)9-11-37-26/h1-6,9-14,20,25,28,36H,7-8,15-16H2,(H,38,42)/t25-,28-/m0/s1. The molecule has 1 saturated heterocycles. The van der Waals surface area contributed by atoms with Crippen LogP contribution in [0.1, 0.15) is 42.9 Å². The number of fused-ring (bicyclic) bond motifs is 1. The average Bonchev–Trinajstić information content (AvgIpc) is 3.61. The molecule has 1 aliphatic carbocycles. The van der Waals surface area contributed by atoms with Gasteiger partial charge in [-0.25, -0.2) is 13.8 Å². The molecular weight excluding hydrogens is 578 g/mol. The highest BCUT2D eigenvalue weighted by Crippen LogP contribution is 2.40. The molecule has 0 bridgehead atoms. The van der Waals surface area contributed by atoms with Crippen LogP contribution in [0, 0.1) is 11.3 Å². The molecule has 2 N–H and O–H groups in total. The Morgan fingerprint density at radius 1 is 1.16 bits per heavy atom. The highest BCUT2D eigenvalue weighted by atomic mass is 35.5. The minimum Gasteiger partial charge on any atom is -0.361 e. The van der Waals surface area contributed by atoms with Crippen LogP contribution in [0.3, 0.4) is 0 Å². The number of rotatable bonds is 7. The number of carbonyl (C=O) groups is 3. The Bertz CT molecular complexity index is 1780. The van der Waals surface area contributed by atoms with Crippen LogP contribution < -0.4 is 15.1 Å². The van der Waals surface area contributed by atoms with E-state index < -0.39 is 48.7 Å². The second kappa shape index (κ2) is 11.1. The lowest BCUT2D eigenvalue weighted by atomic mass is 9.87. The molecule has 0 unspecified atom stereocenters. The molecule has 1 saturated carbocycles. The number of pyridine rings is 1. The van der Waals surface area contributed by atoms with Gasteiger partial charge in [-0.2, -0.15) is 5.26 Å². The summed E-state index contributed by atoms with van der Waals surface area (Å²) in [6.07, 6.45) is 2.27. The van der Waals surface area contributed by atoms with Gasteiger partial charge >= 0.3 is 0 Å². The SMILES string of the molecule is N#Cc1ccnc(N2C(=O)CC[C@H]2C(=O)N(c2ccc3[nH]ccc3c2)[C@H](C(=O)NC2CC(F)(F)C2)c2ccccc2Cl)c1. The number of nitrogens with zero attached hydrogens (tertiary/aromatic N) is 4. The molecule has 12 heteroatoms. The van der Waals surface area contributed by atoms with E-state index >= 15 is 0 Å². The number of hydrogen-bond acceptors (Lipinski definition) is 5. The van der Waals surface area contributed by atoms with E-state index in [0.717, 1.165) is 10.9 Å². The van der Waals surface area contributed by atoms with E-state index in [2.05, 4.69) is 15.3 Å². The van der Waals surface area contributed by atoms with Gasteiger partial charge in [-0.15, -0.1) is 0 Å². The topological polar surface area (TPSA) is 122 Å². The van der Waals surface area contributed by atoms with Crippen molar-refractivity contribution < 1.29 is 23.2 Å². The van der Waals surface area contributed by atoms with Crippen molar-refractivity contribution in [3.63, 3.8) is 0 Å². The molecule has 1 aliphatic heterocycles. The lowest BCUT2D eigenvalue weighted by molar-refractivity contribution is -0.133. The van der Waals surface area contributed by atoms with Crippen molar-refractivity contribution in [3.8, 4) is 6.07 Å². The number of halogens is 3. The van der Waals surface area contributed by atoms with E-state index in [9.17, 15) is 28.4 Å². The molecule has 0 spiro atoms. The predicted octanol–water partition coefficient (Wildman–Crippen LogP) is 5.27. The summed E-state index contributed by atoms with van der Waals surface area (Å²) < 4.78 is 27.4. The van der Waals surface area contributed by atoms with E-state index in [0.29, 0.717) is 5.69 Å². The molecule has 218 valence electrons. The van der Waals surface area contributed by atoms with Crippen molar-refractivity contribution in [1.82, 2.24) is 15.3 Å². The number of benzene rings is 2. The van der Waals surface area contributed by atoms with Crippen LogP contribution in [-0.4, -0.2) is 45.7 Å². The summed E-state index contributed by atoms with van der Waals surface area (Å²) in [5.41, 5.74) is 1.68. The molecule has 2 aliphatic rings. The zero-order valence-electron chi connectivity index (χ0n) is 22.6. The van der Waals surface area contributed by atoms with Crippen LogP contribution in [0.25, 0.3) is 10.9 Å². The van der Waals surface area contributed by atoms with Gasteiger partial charge in [-0.05, 0) is 48.9 Å². The number of carbonyl (C=O) groups excluding carboxylic acids is 3. The molecule has 2 aromatic carbocycles. The van der Waals surface area contributed by atoms with Crippen LogP contribution in [0.15, 0.2) is 73.1 Å². The van der Waals surface area contributed by atoms with Crippen molar-refractivity contribution in [2.24, 2.45) is 0 Å². The van der Waals surface area contributed by atoms with E-state index in [1.54, 1.807) is 48.7 Å². The minimum atomic E-state index is -2.87. The van der Waals surface area contributed by atoms with Gasteiger partial charge in [-0.3, -0.25) is 24.2 Å². The van der Waals surface area contributed by atoms with Gasteiger partial charge in [-0.1, -0.05) is 29.8 Å². The molecule has 3 amide bonds. The lowest BCUT2D eigenvalue weighted by Crippen LogP contribution is -2.56. The quantitative estimate of drug-likeness (QED) is 0.298. The first-order valence-electron chi connectivity index (χ1n) is 13.7. The molecule has 2 fully saturated rings. The fourth-order valence-electron chi connectivity index (χ4n) is 5.72. The summed E-state index contributed by atoms with van der Waals surface area (Å²) >= 11 is 6.60. The molecule has 9 nitrogen and oxygen atoms in total. The van der Waals surface area contributed by atoms with Gasteiger partial charge in [0.15, 0.2) is 0 Å². The molecule has 2 aromatic heterocycles. The minimum absolute atomic E-state index is 0.0413. The second-order valence-corrected chi connectivity index (χ2v) is 11.1. The largest absolute Gasteiger partial charge is 0.361 e. The van der Waals surface area contributed by atoms with Gasteiger partial charge < -0.3 is 10.3 Å². The Hall–Kier alpha value is -4.82. The van der Waals surface area contributed by atoms with Crippen molar-refractivity contribution >= 4 is 51.7 Å². The number of aromatic nitrogens is 2. The zero-order valence-corrected chi connectivity index (χ0v) is 23.4. The van der Waals surface area contributed by atoms with Crippen LogP contribution in [0.2, 0.25) is 5.02 Å². The Morgan fingerprint density at radius 2 is 1.95 bits per heavy atom. The molecule has 3 heterocycles. The number of hydrogen-bond donors (Lipinski definition) is 2. The zero-order chi connectivity index (χ0) is 30.3. The second-order valence-electron chi connectivity index (χ2n) is 10.7. The number of nitriles is 1. The highest BCUT2D eigenvalue weighted by molar-refractivity contribution is 6.31. The summed E-state index contributed by atoms with van der Waals surface area (Å²) in [7, 11) is 0. The van der Waals surface area contributed by atoms with Crippen LogP contribution in [0.4, 0.5) is 20.3 Å². The maximum absolute atomic E-state index is 14.7. The molecule has 4 aromatic rings. The number of aromatic amines is 1. The molecule has 2 atom stereocenters. The number of amides is 3. The molecule has 0 radical (unpaired) electrons. The smallest absolute Gasteiger partial charge is 0.252 e. The fraction of sp³-hybridized carbons (Fsp3) is 0.258. The van der Waals surface area contributed by atoms with Crippen molar-refractivity contribution in [1.29, 1.82) is 5.26 Å². The Balaban J connectivity index is 1.47. The normalized spacial score (nSPS) is 18.6. The first-order valence-corrected chi connectivity index (χ1v) is 14.0. The third-order valence-corrected chi connectivity index (χ3v) is 8.16. The van der Waals surface area contributed by atoms with E-state index in [1.807, 2.05) is 12.1 Å². The monoisotopic (exact) mass is 602 g/mol. The summed E-state index contributed by atoms with van der Waals surface area (Å²) in [6.45, 7) is 0.